The smallest absolute Gasteiger partial charge is 0.251 e. The minimum atomic E-state index is -0.246. The molecule has 3 saturated heterocycles. The third kappa shape index (κ3) is 4.62. The first kappa shape index (κ1) is 20.2. The van der Waals surface area contributed by atoms with Crippen LogP contribution in [0.3, 0.4) is 0 Å². The van der Waals surface area contributed by atoms with Crippen molar-refractivity contribution in [2.75, 3.05) is 32.8 Å². The summed E-state index contributed by atoms with van der Waals surface area (Å²) in [5, 5.41) is 12.6. The molecule has 31 heavy (non-hydrogen) atoms. The van der Waals surface area contributed by atoms with E-state index in [1.165, 1.54) is 0 Å². The molecular formula is C24H28N2O5. The minimum Gasteiger partial charge on any atom is -0.508 e. The average Bonchev–Trinajstić information content (AvgIpc) is 2.81. The van der Waals surface area contributed by atoms with Gasteiger partial charge in [-0.15, -0.1) is 0 Å². The molecule has 4 aliphatic rings. The van der Waals surface area contributed by atoms with E-state index in [2.05, 4.69) is 10.2 Å². The molecule has 4 aliphatic heterocycles. The number of ether oxygens (including phenoxy) is 3. The summed E-state index contributed by atoms with van der Waals surface area (Å²) in [4.78, 5) is 15.3. The molecule has 2 aromatic carbocycles. The lowest BCUT2D eigenvalue weighted by molar-refractivity contribution is 0.00265. The first-order valence-corrected chi connectivity index (χ1v) is 11.0. The Morgan fingerprint density at radius 1 is 1.13 bits per heavy atom. The van der Waals surface area contributed by atoms with Crippen molar-refractivity contribution in [3.8, 4) is 17.2 Å². The van der Waals surface area contributed by atoms with Crippen LogP contribution < -0.4 is 14.8 Å². The number of phenolic OH excluding ortho intramolecular Hbond substituents is 1. The number of phenols is 1. The van der Waals surface area contributed by atoms with Gasteiger partial charge in [-0.2, -0.15) is 0 Å². The van der Waals surface area contributed by atoms with E-state index in [9.17, 15) is 9.90 Å². The van der Waals surface area contributed by atoms with E-state index in [0.29, 0.717) is 42.8 Å². The minimum absolute atomic E-state index is 0.0594. The van der Waals surface area contributed by atoms with E-state index in [1.807, 2.05) is 12.1 Å². The van der Waals surface area contributed by atoms with E-state index in [-0.39, 0.29) is 23.8 Å². The Hall–Kier alpha value is -2.77. The van der Waals surface area contributed by atoms with Gasteiger partial charge in [0.25, 0.3) is 5.91 Å². The SMILES string of the molecule is O=C(N[C@H]1CN2CCC1CC2)c1ccc2c(c1)O[C@@H](COCc1ccc(O)cc1)CO2. The quantitative estimate of drug-likeness (QED) is 0.742. The maximum Gasteiger partial charge on any atom is 0.251 e. The van der Waals surface area contributed by atoms with Crippen molar-refractivity contribution in [2.24, 2.45) is 5.92 Å². The van der Waals surface area contributed by atoms with Crippen LogP contribution in [0.5, 0.6) is 17.2 Å². The van der Waals surface area contributed by atoms with Crippen LogP contribution in [0, 0.1) is 5.92 Å². The number of fused-ring (bicyclic) bond motifs is 4. The van der Waals surface area contributed by atoms with Gasteiger partial charge in [0.2, 0.25) is 0 Å². The van der Waals surface area contributed by atoms with Crippen LogP contribution in [0.15, 0.2) is 42.5 Å². The molecule has 4 heterocycles. The number of rotatable bonds is 6. The standard InChI is InChI=1S/C24H28N2O5/c27-19-4-1-16(2-5-19)13-29-14-20-15-30-22-6-3-18(11-23(22)31-20)24(28)25-21-12-26-9-7-17(21)8-10-26/h1-6,11,17,20-21,27H,7-10,12-15H2,(H,25,28)/t20-,21-/m0/s1. The molecule has 3 fully saturated rings. The van der Waals surface area contributed by atoms with Gasteiger partial charge in [0.15, 0.2) is 17.6 Å². The third-order valence-electron chi connectivity index (χ3n) is 6.41. The van der Waals surface area contributed by atoms with Gasteiger partial charge in [0.1, 0.15) is 12.4 Å². The van der Waals surface area contributed by atoms with Gasteiger partial charge in [0.05, 0.1) is 13.2 Å². The maximum absolute atomic E-state index is 12.8. The number of piperidine rings is 3. The van der Waals surface area contributed by atoms with Crippen LogP contribution >= 0.6 is 0 Å². The molecule has 164 valence electrons. The number of amides is 1. The van der Waals surface area contributed by atoms with Gasteiger partial charge >= 0.3 is 0 Å². The molecule has 6 rings (SSSR count). The topological polar surface area (TPSA) is 80.3 Å². The van der Waals surface area contributed by atoms with Crippen molar-refractivity contribution < 1.29 is 24.1 Å². The zero-order valence-electron chi connectivity index (χ0n) is 17.5. The zero-order chi connectivity index (χ0) is 21.2. The van der Waals surface area contributed by atoms with Gasteiger partial charge in [0, 0.05) is 18.2 Å². The van der Waals surface area contributed by atoms with Crippen molar-refractivity contribution >= 4 is 5.91 Å². The molecule has 0 spiro atoms. The largest absolute Gasteiger partial charge is 0.508 e. The summed E-state index contributed by atoms with van der Waals surface area (Å²) < 4.78 is 17.6. The Kier molecular flexibility index (Phi) is 5.70. The second kappa shape index (κ2) is 8.77. The zero-order valence-corrected chi connectivity index (χ0v) is 17.5. The fraction of sp³-hybridized carbons (Fsp3) is 0.458. The predicted molar refractivity (Wildman–Crippen MR) is 115 cm³/mol. The average molecular weight is 424 g/mol. The fourth-order valence-electron chi connectivity index (χ4n) is 4.62. The van der Waals surface area contributed by atoms with Gasteiger partial charge in [-0.25, -0.2) is 0 Å². The first-order valence-electron chi connectivity index (χ1n) is 11.0. The van der Waals surface area contributed by atoms with E-state index in [1.54, 1.807) is 30.3 Å². The number of carbonyl (C=O) groups excluding carboxylic acids is 1. The molecule has 0 aromatic heterocycles. The van der Waals surface area contributed by atoms with E-state index < -0.39 is 0 Å². The molecule has 2 bridgehead atoms. The van der Waals surface area contributed by atoms with E-state index >= 15 is 0 Å². The fourth-order valence-corrected chi connectivity index (χ4v) is 4.62. The first-order chi connectivity index (χ1) is 15.1. The van der Waals surface area contributed by atoms with Crippen LogP contribution in [0.4, 0.5) is 0 Å². The summed E-state index contributed by atoms with van der Waals surface area (Å²) in [5.41, 5.74) is 1.56. The van der Waals surface area contributed by atoms with Gasteiger partial charge in [-0.3, -0.25) is 4.79 Å². The van der Waals surface area contributed by atoms with E-state index in [0.717, 1.165) is 38.0 Å². The highest BCUT2D eigenvalue weighted by Crippen LogP contribution is 2.33. The Bertz CT molecular complexity index is 924. The summed E-state index contributed by atoms with van der Waals surface area (Å²) in [6, 6.07) is 12.5. The molecule has 0 aliphatic carbocycles. The molecule has 7 nitrogen and oxygen atoms in total. The molecule has 0 saturated carbocycles. The number of nitrogens with zero attached hydrogens (tertiary/aromatic N) is 1. The Morgan fingerprint density at radius 2 is 1.94 bits per heavy atom. The Morgan fingerprint density at radius 3 is 2.68 bits per heavy atom. The second-order valence-corrected chi connectivity index (χ2v) is 8.61. The molecule has 2 atom stereocenters. The van der Waals surface area contributed by atoms with Crippen molar-refractivity contribution in [2.45, 2.75) is 31.6 Å². The molecule has 7 heteroatoms. The number of benzene rings is 2. The highest BCUT2D eigenvalue weighted by molar-refractivity contribution is 5.95. The lowest BCUT2D eigenvalue weighted by atomic mass is 9.84. The summed E-state index contributed by atoms with van der Waals surface area (Å²) >= 11 is 0. The second-order valence-electron chi connectivity index (χ2n) is 8.61. The summed E-state index contributed by atoms with van der Waals surface area (Å²) in [6.45, 7) is 4.44. The normalized spacial score (nSPS) is 26.5. The third-order valence-corrected chi connectivity index (χ3v) is 6.41. The van der Waals surface area contributed by atoms with Crippen LogP contribution in [0.25, 0.3) is 0 Å². The van der Waals surface area contributed by atoms with Gasteiger partial charge in [-0.1, -0.05) is 12.1 Å². The van der Waals surface area contributed by atoms with Crippen LogP contribution in [-0.2, 0) is 11.3 Å². The van der Waals surface area contributed by atoms with Gasteiger partial charge in [-0.05, 0) is 67.7 Å². The van der Waals surface area contributed by atoms with Crippen LogP contribution in [-0.4, -0.2) is 60.9 Å². The number of carbonyl (C=O) groups is 1. The molecule has 0 radical (unpaired) electrons. The molecule has 0 unspecified atom stereocenters. The van der Waals surface area contributed by atoms with Crippen molar-refractivity contribution in [1.29, 1.82) is 0 Å². The number of hydrogen-bond donors (Lipinski definition) is 2. The Balaban J connectivity index is 1.16. The van der Waals surface area contributed by atoms with Gasteiger partial charge < -0.3 is 29.5 Å². The van der Waals surface area contributed by atoms with Crippen molar-refractivity contribution in [3.63, 3.8) is 0 Å². The molecule has 1 amide bonds. The molecule has 2 aromatic rings. The summed E-state index contributed by atoms with van der Waals surface area (Å²) in [6.07, 6.45) is 2.08. The maximum atomic E-state index is 12.8. The van der Waals surface area contributed by atoms with E-state index in [4.69, 9.17) is 14.2 Å². The number of aromatic hydroxyl groups is 1. The number of hydrogen-bond acceptors (Lipinski definition) is 6. The van der Waals surface area contributed by atoms with Crippen molar-refractivity contribution in [3.05, 3.63) is 53.6 Å². The molecular weight excluding hydrogens is 396 g/mol. The lowest BCUT2D eigenvalue weighted by Gasteiger charge is -2.44. The predicted octanol–water partition coefficient (Wildman–Crippen LogP) is 2.57. The van der Waals surface area contributed by atoms with Crippen LogP contribution in [0.1, 0.15) is 28.8 Å². The van der Waals surface area contributed by atoms with Crippen LogP contribution in [0.2, 0.25) is 0 Å². The lowest BCUT2D eigenvalue weighted by Crippen LogP contribution is -2.57. The summed E-state index contributed by atoms with van der Waals surface area (Å²) in [7, 11) is 0. The van der Waals surface area contributed by atoms with Crippen molar-refractivity contribution in [1.82, 2.24) is 10.2 Å². The monoisotopic (exact) mass is 424 g/mol. The highest BCUT2D eigenvalue weighted by Gasteiger charge is 2.35. The number of nitrogens with one attached hydrogen (secondary N) is 1. The summed E-state index contributed by atoms with van der Waals surface area (Å²) in [5.74, 6) is 1.98. The highest BCUT2D eigenvalue weighted by atomic mass is 16.6. The molecule has 2 N–H and O–H groups in total. The Labute approximate surface area is 181 Å².